The van der Waals surface area contributed by atoms with Crippen LogP contribution in [0.1, 0.15) is 11.1 Å². The van der Waals surface area contributed by atoms with Crippen LogP contribution in [0.25, 0.3) is 10.9 Å². The Bertz CT molecular complexity index is 843. The van der Waals surface area contributed by atoms with E-state index in [9.17, 15) is 0 Å². The van der Waals surface area contributed by atoms with Gasteiger partial charge in [-0.1, -0.05) is 12.1 Å². The molecule has 1 aromatic heterocycles. The van der Waals surface area contributed by atoms with E-state index in [1.807, 2.05) is 48.7 Å². The van der Waals surface area contributed by atoms with Crippen molar-refractivity contribution in [3.05, 3.63) is 59.8 Å². The number of rotatable bonds is 3. The molecule has 3 rings (SSSR count). The Labute approximate surface area is 123 Å². The van der Waals surface area contributed by atoms with Crippen LogP contribution >= 0.6 is 0 Å². The maximum Gasteiger partial charge on any atom is 0.141 e. The van der Waals surface area contributed by atoms with Gasteiger partial charge in [-0.25, -0.2) is 0 Å². The zero-order chi connectivity index (χ0) is 14.8. The number of nitrogen functional groups attached to an aromatic ring is 1. The minimum absolute atomic E-state index is 0.629. The number of hydrogen-bond donors (Lipinski definition) is 1. The van der Waals surface area contributed by atoms with Gasteiger partial charge in [0, 0.05) is 18.3 Å². The van der Waals surface area contributed by atoms with Crippen molar-refractivity contribution in [3.8, 4) is 11.8 Å². The summed E-state index contributed by atoms with van der Waals surface area (Å²) in [5.41, 5.74) is 9.37. The van der Waals surface area contributed by atoms with Gasteiger partial charge in [0.2, 0.25) is 0 Å². The summed E-state index contributed by atoms with van der Waals surface area (Å²) in [5, 5.41) is 10.1. The molecule has 4 heteroatoms. The Hall–Kier alpha value is -2.93. The molecule has 0 amide bonds. The SMILES string of the molecule is COc1ccc(Cn2ccc3ccc(C#N)cc32)cc1N. The molecule has 0 fully saturated rings. The van der Waals surface area contributed by atoms with Crippen molar-refractivity contribution >= 4 is 16.6 Å². The van der Waals surface area contributed by atoms with Crippen molar-refractivity contribution in [2.24, 2.45) is 0 Å². The molecule has 104 valence electrons. The lowest BCUT2D eigenvalue weighted by Gasteiger charge is -2.09. The third kappa shape index (κ3) is 2.41. The minimum Gasteiger partial charge on any atom is -0.495 e. The fraction of sp³-hybridized carbons (Fsp3) is 0.118. The average molecular weight is 277 g/mol. The topological polar surface area (TPSA) is 64.0 Å². The molecule has 4 nitrogen and oxygen atoms in total. The van der Waals surface area contributed by atoms with Crippen LogP contribution in [-0.4, -0.2) is 11.7 Å². The van der Waals surface area contributed by atoms with Gasteiger partial charge in [-0.2, -0.15) is 5.26 Å². The first-order valence-electron chi connectivity index (χ1n) is 6.62. The molecular formula is C17H15N3O. The molecular weight excluding hydrogens is 262 g/mol. The van der Waals surface area contributed by atoms with E-state index in [-0.39, 0.29) is 0 Å². The fourth-order valence-electron chi connectivity index (χ4n) is 2.47. The number of ether oxygens (including phenoxy) is 1. The van der Waals surface area contributed by atoms with Crippen LogP contribution in [0, 0.1) is 11.3 Å². The lowest BCUT2D eigenvalue weighted by Crippen LogP contribution is -2.00. The standard InChI is InChI=1S/C17H15N3O/c1-21-17-5-3-13(8-15(17)19)11-20-7-6-14-4-2-12(10-18)9-16(14)20/h2-9H,11,19H2,1H3. The number of methoxy groups -OCH3 is 1. The largest absolute Gasteiger partial charge is 0.495 e. The van der Waals surface area contributed by atoms with Crippen LogP contribution in [-0.2, 0) is 6.54 Å². The van der Waals surface area contributed by atoms with Gasteiger partial charge in [-0.15, -0.1) is 0 Å². The van der Waals surface area contributed by atoms with Crippen LogP contribution in [0.15, 0.2) is 48.7 Å². The highest BCUT2D eigenvalue weighted by atomic mass is 16.5. The predicted molar refractivity (Wildman–Crippen MR) is 83.2 cm³/mol. The van der Waals surface area contributed by atoms with Crippen molar-refractivity contribution < 1.29 is 4.74 Å². The Morgan fingerprint density at radius 1 is 1.19 bits per heavy atom. The van der Waals surface area contributed by atoms with Gasteiger partial charge < -0.3 is 15.0 Å². The number of anilines is 1. The normalized spacial score (nSPS) is 10.5. The number of hydrogen-bond acceptors (Lipinski definition) is 3. The molecule has 0 unspecified atom stereocenters. The van der Waals surface area contributed by atoms with Crippen molar-refractivity contribution in [2.75, 3.05) is 12.8 Å². The van der Waals surface area contributed by atoms with E-state index in [4.69, 9.17) is 15.7 Å². The van der Waals surface area contributed by atoms with E-state index in [0.29, 0.717) is 23.5 Å². The highest BCUT2D eigenvalue weighted by Crippen LogP contribution is 2.24. The number of benzene rings is 2. The monoisotopic (exact) mass is 277 g/mol. The van der Waals surface area contributed by atoms with Crippen LogP contribution in [0.3, 0.4) is 0 Å². The third-order valence-electron chi connectivity index (χ3n) is 3.55. The first-order chi connectivity index (χ1) is 10.2. The zero-order valence-corrected chi connectivity index (χ0v) is 11.7. The summed E-state index contributed by atoms with van der Waals surface area (Å²) in [6.07, 6.45) is 2.02. The van der Waals surface area contributed by atoms with Gasteiger partial charge in [-0.05, 0) is 41.3 Å². The van der Waals surface area contributed by atoms with E-state index in [1.165, 1.54) is 0 Å². The third-order valence-corrected chi connectivity index (χ3v) is 3.55. The maximum absolute atomic E-state index is 9.02. The molecule has 0 atom stereocenters. The number of fused-ring (bicyclic) bond motifs is 1. The Morgan fingerprint density at radius 2 is 2.05 bits per heavy atom. The molecule has 2 N–H and O–H groups in total. The summed E-state index contributed by atoms with van der Waals surface area (Å²) in [6, 6.07) is 15.7. The van der Waals surface area contributed by atoms with Gasteiger partial charge in [0.1, 0.15) is 5.75 Å². The van der Waals surface area contributed by atoms with Crippen LogP contribution in [0.4, 0.5) is 5.69 Å². The number of aromatic nitrogens is 1. The summed E-state index contributed by atoms with van der Waals surface area (Å²) in [7, 11) is 1.61. The highest BCUT2D eigenvalue weighted by Gasteiger charge is 2.05. The second kappa shape index (κ2) is 5.22. The second-order valence-corrected chi connectivity index (χ2v) is 4.91. The highest BCUT2D eigenvalue weighted by molar-refractivity contribution is 5.81. The van der Waals surface area contributed by atoms with Crippen LogP contribution < -0.4 is 10.5 Å². The molecule has 0 saturated heterocycles. The zero-order valence-electron chi connectivity index (χ0n) is 11.7. The quantitative estimate of drug-likeness (QED) is 0.748. The summed E-state index contributed by atoms with van der Waals surface area (Å²) >= 11 is 0. The van der Waals surface area contributed by atoms with Gasteiger partial charge >= 0.3 is 0 Å². The Balaban J connectivity index is 1.98. The van der Waals surface area contributed by atoms with E-state index in [0.717, 1.165) is 16.5 Å². The lowest BCUT2D eigenvalue weighted by molar-refractivity contribution is 0.417. The molecule has 1 heterocycles. The first-order valence-corrected chi connectivity index (χ1v) is 6.62. The molecule has 3 aromatic rings. The average Bonchev–Trinajstić information content (AvgIpc) is 2.90. The smallest absolute Gasteiger partial charge is 0.141 e. The summed E-state index contributed by atoms with van der Waals surface area (Å²) in [5.74, 6) is 0.683. The van der Waals surface area contributed by atoms with E-state index in [2.05, 4.69) is 10.6 Å². The summed E-state index contributed by atoms with van der Waals surface area (Å²) < 4.78 is 7.28. The minimum atomic E-state index is 0.629. The number of nitrogens with two attached hydrogens (primary N) is 1. The molecule has 0 aliphatic carbocycles. The van der Waals surface area contributed by atoms with Gasteiger partial charge in [0.25, 0.3) is 0 Å². The first kappa shape index (κ1) is 13.1. The Kier molecular flexibility index (Phi) is 3.25. The van der Waals surface area contributed by atoms with Crippen LogP contribution in [0.2, 0.25) is 0 Å². The maximum atomic E-state index is 9.02. The number of nitriles is 1. The molecule has 0 radical (unpaired) electrons. The number of nitrogens with zero attached hydrogens (tertiary/aromatic N) is 2. The molecule has 2 aromatic carbocycles. The van der Waals surface area contributed by atoms with Gasteiger partial charge in [0.15, 0.2) is 0 Å². The predicted octanol–water partition coefficient (Wildman–Crippen LogP) is 3.15. The van der Waals surface area contributed by atoms with Crippen molar-refractivity contribution in [3.63, 3.8) is 0 Å². The van der Waals surface area contributed by atoms with Gasteiger partial charge in [-0.3, -0.25) is 0 Å². The summed E-state index contributed by atoms with van der Waals surface area (Å²) in [4.78, 5) is 0. The van der Waals surface area contributed by atoms with E-state index < -0.39 is 0 Å². The van der Waals surface area contributed by atoms with Gasteiger partial charge in [0.05, 0.1) is 24.4 Å². The Morgan fingerprint density at radius 3 is 2.76 bits per heavy atom. The summed E-state index contributed by atoms with van der Waals surface area (Å²) in [6.45, 7) is 0.701. The molecule has 0 bridgehead atoms. The van der Waals surface area contributed by atoms with Crippen LogP contribution in [0.5, 0.6) is 5.75 Å². The molecule has 0 spiro atoms. The molecule has 0 aliphatic heterocycles. The fourth-order valence-corrected chi connectivity index (χ4v) is 2.47. The van der Waals surface area contributed by atoms with Crippen molar-refractivity contribution in [1.82, 2.24) is 4.57 Å². The molecule has 0 aliphatic rings. The lowest BCUT2D eigenvalue weighted by atomic mass is 10.1. The molecule has 0 saturated carbocycles. The van der Waals surface area contributed by atoms with E-state index >= 15 is 0 Å². The van der Waals surface area contributed by atoms with Crippen molar-refractivity contribution in [2.45, 2.75) is 6.54 Å². The van der Waals surface area contributed by atoms with E-state index in [1.54, 1.807) is 7.11 Å². The van der Waals surface area contributed by atoms with Crippen molar-refractivity contribution in [1.29, 1.82) is 5.26 Å². The second-order valence-electron chi connectivity index (χ2n) is 4.91. The molecule has 21 heavy (non-hydrogen) atoms.